The Labute approximate surface area is 125 Å². The number of nitrogens with zero attached hydrogens (tertiary/aromatic N) is 1. The van der Waals surface area contributed by atoms with Crippen molar-refractivity contribution in [1.82, 2.24) is 10.2 Å². The number of nitrogens with one attached hydrogen (secondary N) is 1. The standard InChI is InChI=1S/C12H17ClN2O.2ClH/c13-11-4-3-10(16-11)12(9-1-2-9)15-7-5-14-6-8-15;;/h3-4,9,12,14H,1-2,5-8H2;2*1H/t12-;;/m1../s1. The van der Waals surface area contributed by atoms with E-state index in [4.69, 9.17) is 16.0 Å². The molecule has 6 heteroatoms. The largest absolute Gasteiger partial charge is 0.448 e. The zero-order chi connectivity index (χ0) is 11.0. The van der Waals surface area contributed by atoms with Gasteiger partial charge in [-0.05, 0) is 42.5 Å². The predicted molar refractivity (Wildman–Crippen MR) is 78.1 cm³/mol. The first kappa shape index (κ1) is 16.1. The van der Waals surface area contributed by atoms with Gasteiger partial charge in [-0.15, -0.1) is 24.8 Å². The van der Waals surface area contributed by atoms with E-state index in [0.717, 1.165) is 37.9 Å². The summed E-state index contributed by atoms with van der Waals surface area (Å²) in [5.41, 5.74) is 0. The molecular weight excluding hydrogens is 295 g/mol. The minimum atomic E-state index is 0. The van der Waals surface area contributed by atoms with Crippen molar-refractivity contribution in [2.45, 2.75) is 18.9 Å². The molecule has 1 saturated carbocycles. The first-order chi connectivity index (χ1) is 7.84. The van der Waals surface area contributed by atoms with Gasteiger partial charge in [-0.1, -0.05) is 0 Å². The minimum Gasteiger partial charge on any atom is -0.448 e. The maximum absolute atomic E-state index is 5.87. The maximum Gasteiger partial charge on any atom is 0.193 e. The number of furan rings is 1. The van der Waals surface area contributed by atoms with E-state index in [9.17, 15) is 0 Å². The molecule has 1 aliphatic heterocycles. The summed E-state index contributed by atoms with van der Waals surface area (Å²) in [6.07, 6.45) is 2.65. The van der Waals surface area contributed by atoms with E-state index >= 15 is 0 Å². The van der Waals surface area contributed by atoms with Gasteiger partial charge in [0.05, 0.1) is 6.04 Å². The topological polar surface area (TPSA) is 28.4 Å². The van der Waals surface area contributed by atoms with Crippen molar-refractivity contribution in [3.05, 3.63) is 23.1 Å². The highest BCUT2D eigenvalue weighted by Crippen LogP contribution is 2.45. The fourth-order valence-electron chi connectivity index (χ4n) is 2.57. The summed E-state index contributed by atoms with van der Waals surface area (Å²) in [4.78, 5) is 2.53. The predicted octanol–water partition coefficient (Wildman–Crippen LogP) is 3.13. The summed E-state index contributed by atoms with van der Waals surface area (Å²) < 4.78 is 5.60. The molecule has 1 aromatic rings. The molecule has 3 nitrogen and oxygen atoms in total. The van der Waals surface area contributed by atoms with Crippen molar-refractivity contribution in [3.8, 4) is 0 Å². The van der Waals surface area contributed by atoms with Gasteiger partial charge >= 0.3 is 0 Å². The molecule has 0 spiro atoms. The number of piperazine rings is 1. The van der Waals surface area contributed by atoms with Crippen molar-refractivity contribution < 1.29 is 4.42 Å². The van der Waals surface area contributed by atoms with Crippen molar-refractivity contribution in [1.29, 1.82) is 0 Å². The third-order valence-corrected chi connectivity index (χ3v) is 3.70. The molecule has 1 N–H and O–H groups in total. The summed E-state index contributed by atoms with van der Waals surface area (Å²) in [6, 6.07) is 4.34. The van der Waals surface area contributed by atoms with Gasteiger partial charge in [-0.25, -0.2) is 0 Å². The van der Waals surface area contributed by atoms with Crippen LogP contribution in [0.2, 0.25) is 5.22 Å². The lowest BCUT2D eigenvalue weighted by atomic mass is 10.1. The number of rotatable bonds is 3. The normalized spacial score (nSPS) is 21.8. The van der Waals surface area contributed by atoms with Crippen molar-refractivity contribution in [3.63, 3.8) is 0 Å². The second-order valence-corrected chi connectivity index (χ2v) is 5.08. The highest BCUT2D eigenvalue weighted by atomic mass is 35.5. The van der Waals surface area contributed by atoms with Gasteiger partial charge in [0.15, 0.2) is 5.22 Å². The third-order valence-electron chi connectivity index (χ3n) is 3.50. The molecule has 0 radical (unpaired) electrons. The van der Waals surface area contributed by atoms with Gasteiger partial charge in [0.25, 0.3) is 0 Å². The van der Waals surface area contributed by atoms with Crippen LogP contribution in [0.4, 0.5) is 0 Å². The SMILES string of the molecule is Cl.Cl.Clc1ccc([C@@H](C2CC2)N2CCNCC2)o1. The average molecular weight is 314 g/mol. The van der Waals surface area contributed by atoms with E-state index in [-0.39, 0.29) is 24.8 Å². The number of hydrogen-bond donors (Lipinski definition) is 1. The quantitative estimate of drug-likeness (QED) is 0.929. The molecule has 0 unspecified atom stereocenters. The molecule has 2 heterocycles. The second-order valence-electron chi connectivity index (χ2n) is 4.71. The second kappa shape index (κ2) is 7.01. The van der Waals surface area contributed by atoms with Crippen LogP contribution in [0.1, 0.15) is 24.6 Å². The van der Waals surface area contributed by atoms with Crippen LogP contribution in [-0.4, -0.2) is 31.1 Å². The molecule has 18 heavy (non-hydrogen) atoms. The monoisotopic (exact) mass is 312 g/mol. The summed E-state index contributed by atoms with van der Waals surface area (Å²) in [5, 5.41) is 3.90. The van der Waals surface area contributed by atoms with Gasteiger partial charge in [0.1, 0.15) is 5.76 Å². The van der Waals surface area contributed by atoms with Crippen LogP contribution in [0.5, 0.6) is 0 Å². The van der Waals surface area contributed by atoms with Crippen LogP contribution in [0.25, 0.3) is 0 Å². The molecule has 104 valence electrons. The smallest absolute Gasteiger partial charge is 0.193 e. The zero-order valence-corrected chi connectivity index (χ0v) is 12.5. The van der Waals surface area contributed by atoms with Crippen LogP contribution in [-0.2, 0) is 0 Å². The van der Waals surface area contributed by atoms with Crippen LogP contribution in [0, 0.1) is 5.92 Å². The van der Waals surface area contributed by atoms with Crippen molar-refractivity contribution >= 4 is 36.4 Å². The third kappa shape index (κ3) is 3.55. The Bertz CT molecular complexity index is 362. The Kier molecular flexibility index (Phi) is 6.28. The Morgan fingerprint density at radius 1 is 1.22 bits per heavy atom. The van der Waals surface area contributed by atoms with E-state index in [1.54, 1.807) is 0 Å². The molecule has 3 rings (SSSR count). The maximum atomic E-state index is 5.87. The van der Waals surface area contributed by atoms with Gasteiger partial charge in [0.2, 0.25) is 0 Å². The first-order valence-electron chi connectivity index (χ1n) is 6.04. The number of halogens is 3. The highest BCUT2D eigenvalue weighted by molar-refractivity contribution is 6.28. The van der Waals surface area contributed by atoms with E-state index in [1.807, 2.05) is 12.1 Å². The molecular formula is C12H19Cl3N2O. The molecule has 1 atom stereocenters. The fraction of sp³-hybridized carbons (Fsp3) is 0.667. The molecule has 1 saturated heterocycles. The summed E-state index contributed by atoms with van der Waals surface area (Å²) in [6.45, 7) is 4.38. The summed E-state index contributed by atoms with van der Waals surface area (Å²) in [5.74, 6) is 1.83. The Balaban J connectivity index is 0.000000810. The lowest BCUT2D eigenvalue weighted by molar-refractivity contribution is 0.137. The van der Waals surface area contributed by atoms with E-state index in [0.29, 0.717) is 11.3 Å². The average Bonchev–Trinajstić information content (AvgIpc) is 3.04. The van der Waals surface area contributed by atoms with Gasteiger partial charge < -0.3 is 9.73 Å². The van der Waals surface area contributed by atoms with Gasteiger partial charge in [-0.2, -0.15) is 0 Å². The molecule has 0 bridgehead atoms. The van der Waals surface area contributed by atoms with Gasteiger partial charge in [0, 0.05) is 26.2 Å². The molecule has 0 aromatic carbocycles. The van der Waals surface area contributed by atoms with Crippen LogP contribution < -0.4 is 5.32 Å². The molecule has 1 aromatic heterocycles. The molecule has 0 amide bonds. The molecule has 2 fully saturated rings. The number of hydrogen-bond acceptors (Lipinski definition) is 3. The van der Waals surface area contributed by atoms with Gasteiger partial charge in [-0.3, -0.25) is 4.90 Å². The Morgan fingerprint density at radius 3 is 2.39 bits per heavy atom. The fourth-order valence-corrected chi connectivity index (χ4v) is 2.72. The van der Waals surface area contributed by atoms with Crippen molar-refractivity contribution in [2.24, 2.45) is 5.92 Å². The molecule has 2 aliphatic rings. The summed E-state index contributed by atoms with van der Waals surface area (Å²) >= 11 is 5.87. The minimum absolute atomic E-state index is 0. The van der Waals surface area contributed by atoms with Crippen LogP contribution in [0.3, 0.4) is 0 Å². The highest BCUT2D eigenvalue weighted by Gasteiger charge is 2.38. The Morgan fingerprint density at radius 2 is 1.89 bits per heavy atom. The molecule has 1 aliphatic carbocycles. The first-order valence-corrected chi connectivity index (χ1v) is 6.42. The zero-order valence-electron chi connectivity index (χ0n) is 10.1. The lowest BCUT2D eigenvalue weighted by Gasteiger charge is -2.33. The van der Waals surface area contributed by atoms with Crippen molar-refractivity contribution in [2.75, 3.05) is 26.2 Å². The van der Waals surface area contributed by atoms with E-state index in [2.05, 4.69) is 10.2 Å². The van der Waals surface area contributed by atoms with E-state index in [1.165, 1.54) is 12.8 Å². The van der Waals surface area contributed by atoms with Crippen LogP contribution >= 0.6 is 36.4 Å². The lowest BCUT2D eigenvalue weighted by Crippen LogP contribution is -2.45. The van der Waals surface area contributed by atoms with Crippen LogP contribution in [0.15, 0.2) is 16.5 Å². The Hall–Kier alpha value is 0.0700. The van der Waals surface area contributed by atoms with E-state index < -0.39 is 0 Å². The summed E-state index contributed by atoms with van der Waals surface area (Å²) in [7, 11) is 0.